The first-order valence-corrected chi connectivity index (χ1v) is 9.63. The largest absolute Gasteiger partial charge is 0.495 e. The zero-order valence-electron chi connectivity index (χ0n) is 16.1. The number of anilines is 2. The standard InChI is InChI=1S/C19H23ClN6O3/c1-29-16-4-3-14(20)13-15(16)24-19(28)23-8-5-17(27)25-9-11-26(12-10-25)18-21-6-2-7-22-18/h2-4,6-7,13H,5,8-12H2,1H3,(H2,23,24,28). The van der Waals surface area contributed by atoms with Gasteiger partial charge in [0.15, 0.2) is 0 Å². The van der Waals surface area contributed by atoms with Gasteiger partial charge in [0, 0.05) is 56.6 Å². The molecule has 0 spiro atoms. The average Bonchev–Trinajstić information content (AvgIpc) is 2.74. The van der Waals surface area contributed by atoms with Crippen LogP contribution in [0.5, 0.6) is 5.75 Å². The molecule has 1 aromatic heterocycles. The molecule has 2 N–H and O–H groups in total. The van der Waals surface area contributed by atoms with Crippen LogP contribution in [0.3, 0.4) is 0 Å². The molecule has 3 amide bonds. The SMILES string of the molecule is COc1ccc(Cl)cc1NC(=O)NCCC(=O)N1CCN(c2ncccn2)CC1. The number of hydrogen-bond donors (Lipinski definition) is 2. The number of carbonyl (C=O) groups excluding carboxylic acids is 2. The zero-order chi connectivity index (χ0) is 20.6. The number of amides is 3. The van der Waals surface area contributed by atoms with Crippen molar-refractivity contribution >= 4 is 35.2 Å². The number of ether oxygens (including phenoxy) is 1. The number of aromatic nitrogens is 2. The molecule has 1 saturated heterocycles. The number of nitrogens with zero attached hydrogens (tertiary/aromatic N) is 4. The number of methoxy groups -OCH3 is 1. The van der Waals surface area contributed by atoms with E-state index < -0.39 is 6.03 Å². The highest BCUT2D eigenvalue weighted by molar-refractivity contribution is 6.31. The maximum atomic E-state index is 12.4. The molecule has 0 aliphatic carbocycles. The lowest BCUT2D eigenvalue weighted by atomic mass is 10.3. The van der Waals surface area contributed by atoms with Crippen molar-refractivity contribution in [3.8, 4) is 5.75 Å². The molecular weight excluding hydrogens is 396 g/mol. The summed E-state index contributed by atoms with van der Waals surface area (Å²) >= 11 is 5.95. The van der Waals surface area contributed by atoms with Crippen LogP contribution in [0.2, 0.25) is 5.02 Å². The Morgan fingerprint density at radius 3 is 2.59 bits per heavy atom. The average molecular weight is 419 g/mol. The maximum Gasteiger partial charge on any atom is 0.319 e. The minimum absolute atomic E-state index is 0.000679. The first kappa shape index (κ1) is 20.7. The summed E-state index contributed by atoms with van der Waals surface area (Å²) in [5.41, 5.74) is 0.461. The zero-order valence-corrected chi connectivity index (χ0v) is 16.9. The van der Waals surface area contributed by atoms with Gasteiger partial charge in [-0.05, 0) is 24.3 Å². The molecule has 10 heteroatoms. The van der Waals surface area contributed by atoms with Crippen molar-refractivity contribution in [1.82, 2.24) is 20.2 Å². The van der Waals surface area contributed by atoms with Crippen LogP contribution in [0.25, 0.3) is 0 Å². The van der Waals surface area contributed by atoms with Crippen molar-refractivity contribution in [2.75, 3.05) is 50.1 Å². The number of urea groups is 1. The summed E-state index contributed by atoms with van der Waals surface area (Å²) in [5, 5.41) is 5.84. The molecule has 154 valence electrons. The van der Waals surface area contributed by atoms with Crippen LogP contribution in [0.4, 0.5) is 16.4 Å². The highest BCUT2D eigenvalue weighted by Gasteiger charge is 2.22. The summed E-state index contributed by atoms with van der Waals surface area (Å²) in [6.45, 7) is 2.79. The van der Waals surface area contributed by atoms with E-state index in [1.54, 1.807) is 41.6 Å². The van der Waals surface area contributed by atoms with Gasteiger partial charge in [0.2, 0.25) is 11.9 Å². The Labute approximate surface area is 174 Å². The van der Waals surface area contributed by atoms with Gasteiger partial charge in [0.1, 0.15) is 5.75 Å². The fraction of sp³-hybridized carbons (Fsp3) is 0.368. The van der Waals surface area contributed by atoms with E-state index in [9.17, 15) is 9.59 Å². The molecule has 1 aliphatic heterocycles. The van der Waals surface area contributed by atoms with E-state index in [1.807, 2.05) is 4.90 Å². The Hall–Kier alpha value is -3.07. The third-order valence-corrected chi connectivity index (χ3v) is 4.74. The molecular formula is C19H23ClN6O3. The van der Waals surface area contributed by atoms with Gasteiger partial charge in [0.25, 0.3) is 0 Å². The van der Waals surface area contributed by atoms with Crippen molar-refractivity contribution in [3.63, 3.8) is 0 Å². The van der Waals surface area contributed by atoms with Crippen molar-refractivity contribution in [3.05, 3.63) is 41.7 Å². The van der Waals surface area contributed by atoms with Gasteiger partial charge >= 0.3 is 6.03 Å². The van der Waals surface area contributed by atoms with E-state index in [1.165, 1.54) is 7.11 Å². The second-order valence-electron chi connectivity index (χ2n) is 6.39. The molecule has 3 rings (SSSR count). The number of hydrogen-bond acceptors (Lipinski definition) is 6. The second-order valence-corrected chi connectivity index (χ2v) is 6.83. The quantitative estimate of drug-likeness (QED) is 0.744. The molecule has 1 fully saturated rings. The summed E-state index contributed by atoms with van der Waals surface area (Å²) in [7, 11) is 1.51. The van der Waals surface area contributed by atoms with Gasteiger partial charge in [-0.3, -0.25) is 4.79 Å². The fourth-order valence-corrected chi connectivity index (χ4v) is 3.17. The number of nitrogens with one attached hydrogen (secondary N) is 2. The highest BCUT2D eigenvalue weighted by atomic mass is 35.5. The Bertz CT molecular complexity index is 843. The third-order valence-electron chi connectivity index (χ3n) is 4.50. The number of halogens is 1. The second kappa shape index (κ2) is 9.92. The van der Waals surface area contributed by atoms with Crippen LogP contribution in [0.15, 0.2) is 36.7 Å². The Morgan fingerprint density at radius 2 is 1.90 bits per heavy atom. The van der Waals surface area contributed by atoms with E-state index >= 15 is 0 Å². The molecule has 1 aliphatic rings. The summed E-state index contributed by atoms with van der Waals surface area (Å²) in [6, 6.07) is 6.29. The van der Waals surface area contributed by atoms with Gasteiger partial charge < -0.3 is 25.2 Å². The number of piperazine rings is 1. The van der Waals surface area contributed by atoms with Gasteiger partial charge in [-0.2, -0.15) is 0 Å². The van der Waals surface area contributed by atoms with Crippen molar-refractivity contribution in [1.29, 1.82) is 0 Å². The monoisotopic (exact) mass is 418 g/mol. The Morgan fingerprint density at radius 1 is 1.17 bits per heavy atom. The molecule has 0 atom stereocenters. The lowest BCUT2D eigenvalue weighted by Gasteiger charge is -2.34. The van der Waals surface area contributed by atoms with E-state index in [0.29, 0.717) is 48.6 Å². The van der Waals surface area contributed by atoms with Gasteiger partial charge in [0.05, 0.1) is 12.8 Å². The minimum Gasteiger partial charge on any atom is -0.495 e. The lowest BCUT2D eigenvalue weighted by Crippen LogP contribution is -2.49. The number of benzene rings is 1. The smallest absolute Gasteiger partial charge is 0.319 e. The molecule has 2 heterocycles. The van der Waals surface area contributed by atoms with E-state index in [-0.39, 0.29) is 18.9 Å². The predicted octanol–water partition coefficient (Wildman–Crippen LogP) is 2.00. The number of rotatable bonds is 6. The maximum absolute atomic E-state index is 12.4. The van der Waals surface area contributed by atoms with Gasteiger partial charge in [-0.15, -0.1) is 0 Å². The van der Waals surface area contributed by atoms with E-state index in [0.717, 1.165) is 0 Å². The summed E-state index contributed by atoms with van der Waals surface area (Å²) in [5.74, 6) is 1.18. The summed E-state index contributed by atoms with van der Waals surface area (Å²) in [6.07, 6.45) is 3.63. The summed E-state index contributed by atoms with van der Waals surface area (Å²) in [4.78, 5) is 36.8. The molecule has 0 unspecified atom stereocenters. The molecule has 0 radical (unpaired) electrons. The molecule has 0 saturated carbocycles. The molecule has 29 heavy (non-hydrogen) atoms. The minimum atomic E-state index is -0.426. The molecule has 9 nitrogen and oxygen atoms in total. The normalized spacial score (nSPS) is 13.7. The lowest BCUT2D eigenvalue weighted by molar-refractivity contribution is -0.131. The Kier molecular flexibility index (Phi) is 7.07. The summed E-state index contributed by atoms with van der Waals surface area (Å²) < 4.78 is 5.19. The first-order valence-electron chi connectivity index (χ1n) is 9.25. The molecule has 1 aromatic carbocycles. The van der Waals surface area contributed by atoms with Gasteiger partial charge in [-0.25, -0.2) is 14.8 Å². The number of carbonyl (C=O) groups is 2. The predicted molar refractivity (Wildman–Crippen MR) is 110 cm³/mol. The third kappa shape index (κ3) is 5.71. The van der Waals surface area contributed by atoms with E-state index in [4.69, 9.17) is 16.3 Å². The Balaban J connectivity index is 1.40. The fourth-order valence-electron chi connectivity index (χ4n) is 3.00. The van der Waals surface area contributed by atoms with Gasteiger partial charge in [-0.1, -0.05) is 11.6 Å². The van der Waals surface area contributed by atoms with Crippen LogP contribution >= 0.6 is 11.6 Å². The molecule has 0 bridgehead atoms. The van der Waals surface area contributed by atoms with Crippen LogP contribution in [-0.2, 0) is 4.79 Å². The van der Waals surface area contributed by atoms with Crippen LogP contribution in [0, 0.1) is 0 Å². The molecule has 2 aromatic rings. The topological polar surface area (TPSA) is 99.7 Å². The van der Waals surface area contributed by atoms with Crippen molar-refractivity contribution in [2.24, 2.45) is 0 Å². The van der Waals surface area contributed by atoms with Crippen molar-refractivity contribution < 1.29 is 14.3 Å². The first-order chi connectivity index (χ1) is 14.1. The highest BCUT2D eigenvalue weighted by Crippen LogP contribution is 2.27. The van der Waals surface area contributed by atoms with Crippen LogP contribution < -0.4 is 20.3 Å². The van der Waals surface area contributed by atoms with Crippen LogP contribution in [-0.4, -0.2) is 66.6 Å². The van der Waals surface area contributed by atoms with Crippen molar-refractivity contribution in [2.45, 2.75) is 6.42 Å². The van der Waals surface area contributed by atoms with E-state index in [2.05, 4.69) is 20.6 Å². The van der Waals surface area contributed by atoms with Crippen LogP contribution in [0.1, 0.15) is 6.42 Å².